The second-order valence-corrected chi connectivity index (χ2v) is 7.05. The van der Waals surface area contributed by atoms with E-state index in [0.29, 0.717) is 17.6 Å². The van der Waals surface area contributed by atoms with Crippen LogP contribution in [0.2, 0.25) is 0 Å². The summed E-state index contributed by atoms with van der Waals surface area (Å²) in [7, 11) is 0. The number of aryl methyl sites for hydroxylation is 2. The first-order chi connectivity index (χ1) is 13.1. The molecule has 0 bridgehead atoms. The zero-order valence-electron chi connectivity index (χ0n) is 16.8. The molecule has 28 heavy (non-hydrogen) atoms. The van der Waals surface area contributed by atoms with Gasteiger partial charge in [-0.25, -0.2) is 4.98 Å². The van der Waals surface area contributed by atoms with Gasteiger partial charge in [0, 0.05) is 36.6 Å². The third-order valence-electron chi connectivity index (χ3n) is 4.89. The largest absolute Gasteiger partial charge is 0.355 e. The monoisotopic (exact) mass is 400 g/mol. The highest BCUT2D eigenvalue weighted by molar-refractivity contribution is 5.85. The lowest BCUT2D eigenvalue weighted by Crippen LogP contribution is -2.32. The van der Waals surface area contributed by atoms with Gasteiger partial charge in [-0.2, -0.15) is 10.2 Å². The van der Waals surface area contributed by atoms with Crippen molar-refractivity contribution in [1.29, 1.82) is 5.26 Å². The molecule has 1 atom stereocenters. The standard InChI is InChI=1S/C21H28N6.ClH/c1-4-6-17-12-20(27-10-9-19(14-27)23-5-2)26-21(24-17)25-18-8-7-15(3)16(11-18)13-22;/h7-8,11-12,19,23H,4-6,9-10,14H2,1-3H3,(H,24,25,26);1H/t19-;/m0./s1. The van der Waals surface area contributed by atoms with Gasteiger partial charge >= 0.3 is 0 Å². The lowest BCUT2D eigenvalue weighted by atomic mass is 10.1. The molecule has 1 saturated heterocycles. The van der Waals surface area contributed by atoms with Crippen LogP contribution in [0.3, 0.4) is 0 Å². The van der Waals surface area contributed by atoms with Crippen LogP contribution in [0.4, 0.5) is 17.5 Å². The van der Waals surface area contributed by atoms with Gasteiger partial charge in [-0.3, -0.25) is 0 Å². The summed E-state index contributed by atoms with van der Waals surface area (Å²) < 4.78 is 0. The third-order valence-corrected chi connectivity index (χ3v) is 4.89. The highest BCUT2D eigenvalue weighted by atomic mass is 35.5. The van der Waals surface area contributed by atoms with Crippen LogP contribution in [0.5, 0.6) is 0 Å². The second kappa shape index (κ2) is 10.3. The molecule has 150 valence electrons. The Labute approximate surface area is 173 Å². The Bertz CT molecular complexity index is 832. The molecule has 0 radical (unpaired) electrons. The van der Waals surface area contributed by atoms with Crippen molar-refractivity contribution in [2.24, 2.45) is 0 Å². The zero-order valence-corrected chi connectivity index (χ0v) is 17.6. The summed E-state index contributed by atoms with van der Waals surface area (Å²) in [5.74, 6) is 1.57. The molecule has 1 aliphatic rings. The fourth-order valence-corrected chi connectivity index (χ4v) is 3.46. The van der Waals surface area contributed by atoms with Gasteiger partial charge in [0.25, 0.3) is 0 Å². The number of nitriles is 1. The number of benzene rings is 1. The zero-order chi connectivity index (χ0) is 19.2. The molecule has 2 aromatic rings. The summed E-state index contributed by atoms with van der Waals surface area (Å²) in [6.45, 7) is 9.20. The van der Waals surface area contributed by atoms with Gasteiger partial charge in [0.2, 0.25) is 5.95 Å². The molecule has 2 heterocycles. The summed E-state index contributed by atoms with van der Waals surface area (Å²) in [5, 5.41) is 16.1. The molecule has 0 spiro atoms. The highest BCUT2D eigenvalue weighted by Gasteiger charge is 2.23. The van der Waals surface area contributed by atoms with E-state index in [1.165, 1.54) is 0 Å². The first kappa shape index (κ1) is 21.9. The fourth-order valence-electron chi connectivity index (χ4n) is 3.46. The van der Waals surface area contributed by atoms with Crippen LogP contribution >= 0.6 is 12.4 Å². The van der Waals surface area contributed by atoms with E-state index < -0.39 is 0 Å². The van der Waals surface area contributed by atoms with Crippen molar-refractivity contribution < 1.29 is 0 Å². The van der Waals surface area contributed by atoms with Gasteiger partial charge in [0.05, 0.1) is 11.6 Å². The smallest absolute Gasteiger partial charge is 0.229 e. The third kappa shape index (κ3) is 5.34. The first-order valence-electron chi connectivity index (χ1n) is 9.77. The number of aromatic nitrogens is 2. The van der Waals surface area contributed by atoms with Gasteiger partial charge in [-0.15, -0.1) is 12.4 Å². The van der Waals surface area contributed by atoms with Gasteiger partial charge in [0.15, 0.2) is 0 Å². The predicted molar refractivity (Wildman–Crippen MR) is 117 cm³/mol. The van der Waals surface area contributed by atoms with Gasteiger partial charge in [-0.05, 0) is 44.0 Å². The predicted octanol–water partition coefficient (Wildman–Crippen LogP) is 3.96. The summed E-state index contributed by atoms with van der Waals surface area (Å²) in [6.07, 6.45) is 3.10. The summed E-state index contributed by atoms with van der Waals surface area (Å²) in [6, 6.07) is 10.6. The minimum absolute atomic E-state index is 0. The Kier molecular flexibility index (Phi) is 8.04. The molecule has 2 N–H and O–H groups in total. The Balaban J connectivity index is 0.00000280. The Morgan fingerprint density at radius 2 is 2.07 bits per heavy atom. The average molecular weight is 401 g/mol. The van der Waals surface area contributed by atoms with Crippen molar-refractivity contribution in [3.63, 3.8) is 0 Å². The maximum atomic E-state index is 9.26. The lowest BCUT2D eigenvalue weighted by Gasteiger charge is -2.19. The molecule has 1 aliphatic heterocycles. The number of likely N-dealkylation sites (N-methyl/N-ethyl adjacent to an activating group) is 1. The van der Waals surface area contributed by atoms with E-state index >= 15 is 0 Å². The molecule has 0 aliphatic carbocycles. The minimum Gasteiger partial charge on any atom is -0.355 e. The van der Waals surface area contributed by atoms with E-state index in [9.17, 15) is 5.26 Å². The van der Waals surface area contributed by atoms with Gasteiger partial charge in [-0.1, -0.05) is 26.3 Å². The number of nitrogens with zero attached hydrogens (tertiary/aromatic N) is 4. The molecule has 1 aromatic heterocycles. The molecule has 1 aromatic carbocycles. The number of rotatable bonds is 7. The van der Waals surface area contributed by atoms with Crippen molar-refractivity contribution >= 4 is 29.9 Å². The van der Waals surface area contributed by atoms with E-state index in [1.807, 2.05) is 25.1 Å². The summed E-state index contributed by atoms with van der Waals surface area (Å²) in [5.41, 5.74) is 3.52. The Morgan fingerprint density at radius 3 is 2.79 bits per heavy atom. The summed E-state index contributed by atoms with van der Waals surface area (Å²) >= 11 is 0. The van der Waals surface area contributed by atoms with E-state index in [1.54, 1.807) is 0 Å². The Morgan fingerprint density at radius 1 is 1.25 bits per heavy atom. The van der Waals surface area contributed by atoms with Crippen molar-refractivity contribution in [2.45, 2.75) is 46.1 Å². The maximum absolute atomic E-state index is 9.26. The molecule has 7 heteroatoms. The normalized spacial score (nSPS) is 15.8. The molecular weight excluding hydrogens is 372 g/mol. The van der Waals surface area contributed by atoms with Crippen molar-refractivity contribution in [1.82, 2.24) is 15.3 Å². The molecule has 0 unspecified atom stereocenters. The topological polar surface area (TPSA) is 76.9 Å². The number of anilines is 3. The number of nitrogens with one attached hydrogen (secondary N) is 2. The van der Waals surface area contributed by atoms with Gasteiger partial charge < -0.3 is 15.5 Å². The lowest BCUT2D eigenvalue weighted by molar-refractivity contribution is 0.571. The maximum Gasteiger partial charge on any atom is 0.229 e. The van der Waals surface area contributed by atoms with Crippen LogP contribution in [0.1, 0.15) is 43.5 Å². The highest BCUT2D eigenvalue weighted by Crippen LogP contribution is 2.23. The van der Waals surface area contributed by atoms with Crippen molar-refractivity contribution in [2.75, 3.05) is 29.9 Å². The molecule has 0 saturated carbocycles. The second-order valence-electron chi connectivity index (χ2n) is 7.05. The minimum atomic E-state index is 0. The van der Waals surface area contributed by atoms with Crippen LogP contribution < -0.4 is 15.5 Å². The molecule has 0 amide bonds. The SMILES string of the molecule is CCCc1cc(N2CC[C@H](NCC)C2)nc(Nc2ccc(C)c(C#N)c2)n1.Cl. The average Bonchev–Trinajstić information content (AvgIpc) is 3.12. The van der Waals surface area contributed by atoms with E-state index in [-0.39, 0.29) is 12.4 Å². The van der Waals surface area contributed by atoms with Gasteiger partial charge in [0.1, 0.15) is 5.82 Å². The van der Waals surface area contributed by atoms with Crippen LogP contribution in [0.25, 0.3) is 0 Å². The van der Waals surface area contributed by atoms with Crippen LogP contribution in [-0.2, 0) is 6.42 Å². The van der Waals surface area contributed by atoms with E-state index in [2.05, 4.69) is 46.5 Å². The first-order valence-corrected chi connectivity index (χ1v) is 9.77. The van der Waals surface area contributed by atoms with E-state index in [0.717, 1.165) is 61.7 Å². The quantitative estimate of drug-likeness (QED) is 0.732. The molecule has 1 fully saturated rings. The van der Waals surface area contributed by atoms with Crippen molar-refractivity contribution in [3.05, 3.63) is 41.1 Å². The number of hydrogen-bond acceptors (Lipinski definition) is 6. The Hall–Kier alpha value is -2.36. The molecule has 3 rings (SSSR count). The molecule has 6 nitrogen and oxygen atoms in total. The van der Waals surface area contributed by atoms with E-state index in [4.69, 9.17) is 4.98 Å². The fraction of sp³-hybridized carbons (Fsp3) is 0.476. The number of hydrogen-bond donors (Lipinski definition) is 2. The van der Waals surface area contributed by atoms with Crippen LogP contribution in [0, 0.1) is 18.3 Å². The van der Waals surface area contributed by atoms with Crippen LogP contribution in [0.15, 0.2) is 24.3 Å². The van der Waals surface area contributed by atoms with Crippen LogP contribution in [-0.4, -0.2) is 35.6 Å². The number of halogens is 1. The molecular formula is C21H29ClN6. The van der Waals surface area contributed by atoms with Crippen molar-refractivity contribution in [3.8, 4) is 6.07 Å². The summed E-state index contributed by atoms with van der Waals surface area (Å²) in [4.78, 5) is 11.8.